The number of rotatable bonds is 3. The number of amides is 2. The summed E-state index contributed by atoms with van der Waals surface area (Å²) in [5.41, 5.74) is 1.97. The molecule has 1 saturated heterocycles. The zero-order valence-electron chi connectivity index (χ0n) is 13.4. The van der Waals surface area contributed by atoms with Gasteiger partial charge in [0.1, 0.15) is 5.75 Å². The second kappa shape index (κ2) is 6.36. The average Bonchev–Trinajstić information content (AvgIpc) is 3.10. The Morgan fingerprint density at radius 2 is 1.91 bits per heavy atom. The average molecular weight is 334 g/mol. The van der Waals surface area contributed by atoms with Gasteiger partial charge in [-0.2, -0.15) is 0 Å². The lowest BCUT2D eigenvalue weighted by molar-refractivity contribution is -0.120. The van der Waals surface area contributed by atoms with Gasteiger partial charge in [0.25, 0.3) is 5.91 Å². The van der Waals surface area contributed by atoms with Crippen LogP contribution in [0.5, 0.6) is 5.75 Å². The summed E-state index contributed by atoms with van der Waals surface area (Å²) in [7, 11) is 0. The van der Waals surface area contributed by atoms with Gasteiger partial charge in [-0.15, -0.1) is 0 Å². The van der Waals surface area contributed by atoms with E-state index in [9.17, 15) is 9.59 Å². The molecule has 5 heteroatoms. The Balaban J connectivity index is 1.90. The molecule has 3 rings (SSSR count). The lowest BCUT2D eigenvalue weighted by atomic mass is 10.1. The van der Waals surface area contributed by atoms with E-state index in [2.05, 4.69) is 0 Å². The molecule has 2 aliphatic rings. The Kier molecular flexibility index (Phi) is 4.44. The van der Waals surface area contributed by atoms with Crippen molar-refractivity contribution in [2.75, 3.05) is 4.90 Å². The van der Waals surface area contributed by atoms with Crippen molar-refractivity contribution in [3.8, 4) is 5.75 Å². The molecule has 0 atom stereocenters. The third kappa shape index (κ3) is 3.13. The van der Waals surface area contributed by atoms with Crippen LogP contribution in [0.1, 0.15) is 46.0 Å². The van der Waals surface area contributed by atoms with E-state index in [0.717, 1.165) is 31.3 Å². The fraction of sp³-hybridized carbons (Fsp3) is 0.444. The standard InChI is InChI=1S/C18H20ClNO3/c1-11(2)14-10-17(21)20(18(14)22)12-7-8-15(19)16(9-12)23-13-5-3-4-6-13/h7-9,13H,3-6,10H2,1-2H3. The Labute approximate surface area is 141 Å². The molecule has 1 heterocycles. The first-order valence-electron chi connectivity index (χ1n) is 7.97. The third-order valence-corrected chi connectivity index (χ3v) is 4.72. The molecule has 2 fully saturated rings. The third-order valence-electron chi connectivity index (χ3n) is 4.41. The van der Waals surface area contributed by atoms with E-state index in [1.807, 2.05) is 13.8 Å². The monoisotopic (exact) mass is 333 g/mol. The molecule has 1 saturated carbocycles. The molecule has 0 spiro atoms. The number of imide groups is 1. The first kappa shape index (κ1) is 16.1. The van der Waals surface area contributed by atoms with Crippen molar-refractivity contribution in [2.45, 2.75) is 52.1 Å². The molecule has 1 aliphatic heterocycles. The largest absolute Gasteiger partial charge is 0.489 e. The molecule has 2 amide bonds. The van der Waals surface area contributed by atoms with Gasteiger partial charge in [0, 0.05) is 11.6 Å². The highest BCUT2D eigenvalue weighted by atomic mass is 35.5. The van der Waals surface area contributed by atoms with Gasteiger partial charge in [-0.1, -0.05) is 17.2 Å². The van der Waals surface area contributed by atoms with Gasteiger partial charge in [-0.3, -0.25) is 9.59 Å². The Morgan fingerprint density at radius 3 is 2.52 bits per heavy atom. The van der Waals surface area contributed by atoms with Crippen molar-refractivity contribution in [1.29, 1.82) is 0 Å². The fourth-order valence-electron chi connectivity index (χ4n) is 3.11. The second-order valence-electron chi connectivity index (χ2n) is 6.33. The van der Waals surface area contributed by atoms with Gasteiger partial charge in [0.2, 0.25) is 5.91 Å². The van der Waals surface area contributed by atoms with Crippen molar-refractivity contribution in [3.63, 3.8) is 0 Å². The minimum Gasteiger partial charge on any atom is -0.489 e. The second-order valence-corrected chi connectivity index (χ2v) is 6.74. The van der Waals surface area contributed by atoms with Crippen LogP contribution in [0.4, 0.5) is 5.69 Å². The predicted molar refractivity (Wildman–Crippen MR) is 89.8 cm³/mol. The van der Waals surface area contributed by atoms with Crippen LogP contribution in [0, 0.1) is 0 Å². The van der Waals surface area contributed by atoms with Crippen LogP contribution in [0.3, 0.4) is 0 Å². The minimum absolute atomic E-state index is 0.155. The number of nitrogens with zero attached hydrogens (tertiary/aromatic N) is 1. The lowest BCUT2D eigenvalue weighted by Gasteiger charge is -2.18. The van der Waals surface area contributed by atoms with E-state index in [4.69, 9.17) is 16.3 Å². The molecule has 0 bridgehead atoms. The van der Waals surface area contributed by atoms with Gasteiger partial charge in [-0.25, -0.2) is 4.90 Å². The maximum absolute atomic E-state index is 12.5. The Hall–Kier alpha value is -1.81. The lowest BCUT2D eigenvalue weighted by Crippen LogP contribution is -2.29. The number of carbonyl (C=O) groups excluding carboxylic acids is 2. The summed E-state index contributed by atoms with van der Waals surface area (Å²) in [5.74, 6) is 0.0896. The highest BCUT2D eigenvalue weighted by molar-refractivity contribution is 6.32. The van der Waals surface area contributed by atoms with E-state index in [1.54, 1.807) is 18.2 Å². The zero-order chi connectivity index (χ0) is 16.6. The van der Waals surface area contributed by atoms with Crippen LogP contribution in [0.25, 0.3) is 0 Å². The van der Waals surface area contributed by atoms with Crippen LogP contribution in [0.15, 0.2) is 29.3 Å². The van der Waals surface area contributed by atoms with Crippen molar-refractivity contribution in [3.05, 3.63) is 34.4 Å². The van der Waals surface area contributed by atoms with Crippen molar-refractivity contribution in [1.82, 2.24) is 0 Å². The molecule has 122 valence electrons. The number of hydrogen-bond donors (Lipinski definition) is 0. The van der Waals surface area contributed by atoms with Gasteiger partial charge in [-0.05, 0) is 51.7 Å². The van der Waals surface area contributed by atoms with Gasteiger partial charge in [0.15, 0.2) is 0 Å². The summed E-state index contributed by atoms with van der Waals surface area (Å²) in [6.45, 7) is 3.70. The van der Waals surface area contributed by atoms with Crippen LogP contribution < -0.4 is 9.64 Å². The summed E-state index contributed by atoms with van der Waals surface area (Å²) in [4.78, 5) is 25.9. The van der Waals surface area contributed by atoms with Gasteiger partial charge >= 0.3 is 0 Å². The van der Waals surface area contributed by atoms with E-state index in [-0.39, 0.29) is 24.3 Å². The highest BCUT2D eigenvalue weighted by Crippen LogP contribution is 2.35. The molecule has 0 aromatic heterocycles. The van der Waals surface area contributed by atoms with Crippen LogP contribution >= 0.6 is 11.6 Å². The summed E-state index contributed by atoms with van der Waals surface area (Å²) in [5, 5.41) is 0.502. The molecule has 0 N–H and O–H groups in total. The molecule has 23 heavy (non-hydrogen) atoms. The molecule has 1 aromatic carbocycles. The summed E-state index contributed by atoms with van der Waals surface area (Å²) < 4.78 is 5.96. The van der Waals surface area contributed by atoms with Gasteiger partial charge < -0.3 is 4.74 Å². The molecule has 1 aliphatic carbocycles. The van der Waals surface area contributed by atoms with Crippen LogP contribution in [-0.2, 0) is 9.59 Å². The molecule has 4 nitrogen and oxygen atoms in total. The van der Waals surface area contributed by atoms with E-state index in [0.29, 0.717) is 22.0 Å². The predicted octanol–water partition coefficient (Wildman–Crippen LogP) is 4.26. The maximum Gasteiger partial charge on any atom is 0.261 e. The fourth-order valence-corrected chi connectivity index (χ4v) is 3.28. The van der Waals surface area contributed by atoms with Crippen molar-refractivity contribution < 1.29 is 14.3 Å². The summed E-state index contributed by atoms with van der Waals surface area (Å²) in [6.07, 6.45) is 4.68. The summed E-state index contributed by atoms with van der Waals surface area (Å²) >= 11 is 6.21. The molecular weight excluding hydrogens is 314 g/mol. The quantitative estimate of drug-likeness (QED) is 0.613. The van der Waals surface area contributed by atoms with Gasteiger partial charge in [0.05, 0.1) is 23.2 Å². The first-order valence-corrected chi connectivity index (χ1v) is 8.35. The highest BCUT2D eigenvalue weighted by Gasteiger charge is 2.36. The number of halogens is 1. The molecule has 0 radical (unpaired) electrons. The molecular formula is C18H20ClNO3. The number of benzene rings is 1. The number of anilines is 1. The van der Waals surface area contributed by atoms with Crippen LogP contribution in [0.2, 0.25) is 5.02 Å². The van der Waals surface area contributed by atoms with Crippen molar-refractivity contribution >= 4 is 29.1 Å². The maximum atomic E-state index is 12.5. The topological polar surface area (TPSA) is 46.6 Å². The minimum atomic E-state index is -0.246. The smallest absolute Gasteiger partial charge is 0.261 e. The number of allylic oxidation sites excluding steroid dienone is 1. The molecule has 0 unspecified atom stereocenters. The number of hydrogen-bond acceptors (Lipinski definition) is 3. The summed E-state index contributed by atoms with van der Waals surface area (Å²) in [6, 6.07) is 5.07. The zero-order valence-corrected chi connectivity index (χ0v) is 14.2. The molecule has 1 aromatic rings. The van der Waals surface area contributed by atoms with E-state index < -0.39 is 0 Å². The SMILES string of the molecule is CC(C)=C1CC(=O)N(c2ccc(Cl)c(OC3CCCC3)c2)C1=O. The number of carbonyl (C=O) groups is 2. The normalized spacial score (nSPS) is 18.9. The van der Waals surface area contributed by atoms with Crippen molar-refractivity contribution in [2.24, 2.45) is 0 Å². The van der Waals surface area contributed by atoms with Crippen LogP contribution in [-0.4, -0.2) is 17.9 Å². The Bertz CT molecular complexity index is 686. The number of ether oxygens (including phenoxy) is 1. The Morgan fingerprint density at radius 1 is 1.22 bits per heavy atom. The van der Waals surface area contributed by atoms with E-state index >= 15 is 0 Å². The van der Waals surface area contributed by atoms with E-state index in [1.165, 1.54) is 4.90 Å². The first-order chi connectivity index (χ1) is 11.0.